The standard InChI is InChI=1S/C41H48O8/c1-30-35(43-25-31-15-7-3-8-16-31)23-24-37(48-30)44-29-36-38(45-26-32-17-9-4-10-18-32)39(46-27-33-19-11-5-12-20-33)40(41(42-2)49-36)47-28-34-21-13-6-14-22-34/h3-22,30,35-41H,23-29H2,1-2H3/t30-,35-,36+,37?,38+,39-,40+,41-/m0/s1. The van der Waals surface area contributed by atoms with E-state index in [2.05, 4.69) is 12.1 Å². The van der Waals surface area contributed by atoms with Gasteiger partial charge in [-0.2, -0.15) is 0 Å². The van der Waals surface area contributed by atoms with E-state index in [9.17, 15) is 0 Å². The van der Waals surface area contributed by atoms with Crippen molar-refractivity contribution >= 4 is 0 Å². The monoisotopic (exact) mass is 668 g/mol. The molecular weight excluding hydrogens is 620 g/mol. The molecule has 6 rings (SSSR count). The summed E-state index contributed by atoms with van der Waals surface area (Å²) in [5.41, 5.74) is 4.28. The fourth-order valence-corrected chi connectivity index (χ4v) is 6.32. The SMILES string of the molecule is CO[C@H]1O[C@H](COC2CC[C@H](OCc3ccccc3)[C@H](C)O2)[C@@H](OCc2ccccc2)[C@H](OCc2ccccc2)[C@H]1OCc1ccccc1. The van der Waals surface area contributed by atoms with Gasteiger partial charge in [0.1, 0.15) is 24.4 Å². The maximum absolute atomic E-state index is 6.71. The van der Waals surface area contributed by atoms with Gasteiger partial charge >= 0.3 is 0 Å². The lowest BCUT2D eigenvalue weighted by Crippen LogP contribution is -2.61. The van der Waals surface area contributed by atoms with Crippen LogP contribution in [0, 0.1) is 0 Å². The summed E-state index contributed by atoms with van der Waals surface area (Å²) >= 11 is 0. The molecule has 0 aromatic heterocycles. The Hall–Kier alpha value is -3.44. The Balaban J connectivity index is 1.16. The van der Waals surface area contributed by atoms with Gasteiger partial charge in [0.05, 0.1) is 45.2 Å². The molecule has 0 spiro atoms. The number of methoxy groups -OCH3 is 1. The van der Waals surface area contributed by atoms with Crippen molar-refractivity contribution in [3.05, 3.63) is 144 Å². The van der Waals surface area contributed by atoms with Gasteiger partial charge in [-0.15, -0.1) is 0 Å². The molecule has 8 nitrogen and oxygen atoms in total. The van der Waals surface area contributed by atoms with Crippen molar-refractivity contribution in [1.82, 2.24) is 0 Å². The molecule has 0 aliphatic carbocycles. The molecule has 2 fully saturated rings. The highest BCUT2D eigenvalue weighted by atomic mass is 16.7. The van der Waals surface area contributed by atoms with Crippen molar-refractivity contribution in [2.75, 3.05) is 13.7 Å². The summed E-state index contributed by atoms with van der Waals surface area (Å²) in [6, 6.07) is 40.5. The first-order chi connectivity index (χ1) is 24.2. The average Bonchev–Trinajstić information content (AvgIpc) is 3.16. The van der Waals surface area contributed by atoms with Crippen LogP contribution in [0.15, 0.2) is 121 Å². The van der Waals surface area contributed by atoms with Crippen molar-refractivity contribution in [2.24, 2.45) is 0 Å². The fraction of sp³-hybridized carbons (Fsp3) is 0.415. The molecular formula is C41H48O8. The molecule has 0 radical (unpaired) electrons. The maximum Gasteiger partial charge on any atom is 0.186 e. The smallest absolute Gasteiger partial charge is 0.186 e. The molecule has 0 amide bonds. The average molecular weight is 669 g/mol. The van der Waals surface area contributed by atoms with E-state index in [1.807, 2.05) is 116 Å². The van der Waals surface area contributed by atoms with Crippen LogP contribution in [0.3, 0.4) is 0 Å². The van der Waals surface area contributed by atoms with Gasteiger partial charge in [-0.1, -0.05) is 121 Å². The number of ether oxygens (including phenoxy) is 8. The van der Waals surface area contributed by atoms with Crippen LogP contribution in [0.1, 0.15) is 42.0 Å². The minimum Gasteiger partial charge on any atom is -0.371 e. The van der Waals surface area contributed by atoms with Crippen molar-refractivity contribution < 1.29 is 37.9 Å². The molecule has 2 aliphatic heterocycles. The second kappa shape index (κ2) is 18.5. The van der Waals surface area contributed by atoms with Crippen LogP contribution < -0.4 is 0 Å². The Kier molecular flexibility index (Phi) is 13.4. The summed E-state index contributed by atoms with van der Waals surface area (Å²) in [6.45, 7) is 3.93. The molecule has 8 heteroatoms. The second-order valence-electron chi connectivity index (χ2n) is 12.6. The molecule has 49 heavy (non-hydrogen) atoms. The van der Waals surface area contributed by atoms with Crippen molar-refractivity contribution in [3.8, 4) is 0 Å². The third kappa shape index (κ3) is 10.3. The molecule has 8 atom stereocenters. The zero-order valence-corrected chi connectivity index (χ0v) is 28.4. The molecule has 4 aromatic rings. The molecule has 0 saturated carbocycles. The van der Waals surface area contributed by atoms with Crippen molar-refractivity contribution in [2.45, 2.75) is 95.4 Å². The van der Waals surface area contributed by atoms with E-state index < -0.39 is 37.0 Å². The normalized spacial score (nSPS) is 27.1. The largest absolute Gasteiger partial charge is 0.371 e. The molecule has 2 aliphatic rings. The van der Waals surface area contributed by atoms with E-state index in [4.69, 9.17) is 37.9 Å². The first-order valence-electron chi connectivity index (χ1n) is 17.2. The number of hydrogen-bond donors (Lipinski definition) is 0. The van der Waals surface area contributed by atoms with Gasteiger partial charge in [0.15, 0.2) is 12.6 Å². The maximum atomic E-state index is 6.71. The Bertz CT molecular complexity index is 1470. The Labute approximate surface area is 290 Å². The Morgan fingerprint density at radius 2 is 0.959 bits per heavy atom. The predicted octanol–water partition coefficient (Wildman–Crippen LogP) is 7.24. The molecule has 0 N–H and O–H groups in total. The zero-order valence-electron chi connectivity index (χ0n) is 28.4. The van der Waals surface area contributed by atoms with Crippen molar-refractivity contribution in [1.29, 1.82) is 0 Å². The lowest BCUT2D eigenvalue weighted by atomic mass is 9.97. The lowest BCUT2D eigenvalue weighted by molar-refractivity contribution is -0.330. The minimum absolute atomic E-state index is 0.0101. The van der Waals surface area contributed by atoms with E-state index in [-0.39, 0.29) is 18.8 Å². The van der Waals surface area contributed by atoms with Gasteiger partial charge in [0.25, 0.3) is 0 Å². The summed E-state index contributed by atoms with van der Waals surface area (Å²) in [6.07, 6.45) is -1.85. The van der Waals surface area contributed by atoms with Gasteiger partial charge in [0, 0.05) is 13.5 Å². The third-order valence-electron chi connectivity index (χ3n) is 9.01. The van der Waals surface area contributed by atoms with Gasteiger partial charge in [0.2, 0.25) is 0 Å². The highest BCUT2D eigenvalue weighted by molar-refractivity contribution is 5.16. The van der Waals surface area contributed by atoms with Crippen LogP contribution in [-0.4, -0.2) is 62.9 Å². The zero-order chi connectivity index (χ0) is 33.7. The first kappa shape index (κ1) is 35.4. The van der Waals surface area contributed by atoms with Crippen LogP contribution in [0.4, 0.5) is 0 Å². The number of rotatable bonds is 16. The lowest BCUT2D eigenvalue weighted by Gasteiger charge is -2.46. The van der Waals surface area contributed by atoms with Gasteiger partial charge in [-0.25, -0.2) is 0 Å². The van der Waals surface area contributed by atoms with E-state index in [1.54, 1.807) is 7.11 Å². The van der Waals surface area contributed by atoms with Gasteiger partial charge in [-0.05, 0) is 35.6 Å². The van der Waals surface area contributed by atoms with Gasteiger partial charge < -0.3 is 37.9 Å². The molecule has 1 unspecified atom stereocenters. The van der Waals surface area contributed by atoms with E-state index in [0.717, 1.165) is 28.7 Å². The molecule has 2 heterocycles. The first-order valence-corrected chi connectivity index (χ1v) is 17.2. The van der Waals surface area contributed by atoms with Crippen LogP contribution >= 0.6 is 0 Å². The summed E-state index contributed by atoms with van der Waals surface area (Å²) in [5, 5.41) is 0. The topological polar surface area (TPSA) is 73.8 Å². The molecule has 4 aromatic carbocycles. The van der Waals surface area contributed by atoms with Crippen LogP contribution in [-0.2, 0) is 64.3 Å². The number of benzene rings is 4. The van der Waals surface area contributed by atoms with Crippen LogP contribution in [0.5, 0.6) is 0 Å². The van der Waals surface area contributed by atoms with E-state index in [0.29, 0.717) is 32.8 Å². The fourth-order valence-electron chi connectivity index (χ4n) is 6.32. The van der Waals surface area contributed by atoms with E-state index in [1.165, 1.54) is 0 Å². The summed E-state index contributed by atoms with van der Waals surface area (Å²) < 4.78 is 51.4. The van der Waals surface area contributed by atoms with E-state index >= 15 is 0 Å². The highest BCUT2D eigenvalue weighted by Gasteiger charge is 2.49. The molecule has 0 bridgehead atoms. The quantitative estimate of drug-likeness (QED) is 0.124. The second-order valence-corrected chi connectivity index (χ2v) is 12.6. The summed E-state index contributed by atoms with van der Waals surface area (Å²) in [4.78, 5) is 0. The Morgan fingerprint density at radius 3 is 1.43 bits per heavy atom. The van der Waals surface area contributed by atoms with Crippen LogP contribution in [0.25, 0.3) is 0 Å². The number of hydrogen-bond acceptors (Lipinski definition) is 8. The molecule has 2 saturated heterocycles. The Morgan fingerprint density at radius 1 is 0.510 bits per heavy atom. The van der Waals surface area contributed by atoms with Crippen LogP contribution in [0.2, 0.25) is 0 Å². The van der Waals surface area contributed by atoms with Gasteiger partial charge in [-0.3, -0.25) is 0 Å². The molecule has 260 valence electrons. The summed E-state index contributed by atoms with van der Waals surface area (Å²) in [5.74, 6) is 0. The highest BCUT2D eigenvalue weighted by Crippen LogP contribution is 2.32. The predicted molar refractivity (Wildman–Crippen MR) is 185 cm³/mol. The third-order valence-corrected chi connectivity index (χ3v) is 9.01. The summed E-state index contributed by atoms with van der Waals surface area (Å²) in [7, 11) is 1.63. The minimum atomic E-state index is -0.711. The van der Waals surface area contributed by atoms with Crippen molar-refractivity contribution in [3.63, 3.8) is 0 Å².